The van der Waals surface area contributed by atoms with Crippen LogP contribution in [0.3, 0.4) is 0 Å². The SMILES string of the molecule is O=Cc1ccc(Br)n1COCc1ccccc1. The number of benzene rings is 1. The van der Waals surface area contributed by atoms with Crippen molar-refractivity contribution in [1.82, 2.24) is 4.57 Å². The molecule has 0 atom stereocenters. The van der Waals surface area contributed by atoms with Crippen LogP contribution in [0.15, 0.2) is 47.1 Å². The number of aromatic nitrogens is 1. The number of nitrogens with zero attached hydrogens (tertiary/aromatic N) is 1. The molecule has 0 N–H and O–H groups in total. The topological polar surface area (TPSA) is 31.2 Å². The van der Waals surface area contributed by atoms with Crippen LogP contribution in [0, 0.1) is 0 Å². The summed E-state index contributed by atoms with van der Waals surface area (Å²) in [5.74, 6) is 0. The summed E-state index contributed by atoms with van der Waals surface area (Å²) in [4.78, 5) is 10.8. The van der Waals surface area contributed by atoms with Gasteiger partial charge in [0.1, 0.15) is 6.73 Å². The zero-order valence-electron chi connectivity index (χ0n) is 9.17. The maximum atomic E-state index is 10.8. The second kappa shape index (κ2) is 5.80. The summed E-state index contributed by atoms with van der Waals surface area (Å²) in [7, 11) is 0. The number of ether oxygens (including phenoxy) is 1. The second-order valence-electron chi connectivity index (χ2n) is 3.59. The van der Waals surface area contributed by atoms with Gasteiger partial charge in [0.05, 0.1) is 16.9 Å². The van der Waals surface area contributed by atoms with Crippen molar-refractivity contribution < 1.29 is 9.53 Å². The Morgan fingerprint density at radius 1 is 1.18 bits per heavy atom. The first-order valence-electron chi connectivity index (χ1n) is 5.23. The highest BCUT2D eigenvalue weighted by Crippen LogP contribution is 2.15. The average molecular weight is 294 g/mol. The van der Waals surface area contributed by atoms with E-state index in [1.807, 2.05) is 36.4 Å². The summed E-state index contributed by atoms with van der Waals surface area (Å²) in [6.45, 7) is 0.889. The minimum Gasteiger partial charge on any atom is -0.356 e. The quantitative estimate of drug-likeness (QED) is 0.793. The number of carbonyl (C=O) groups excluding carboxylic acids is 1. The van der Waals surface area contributed by atoms with Crippen LogP contribution in [0.5, 0.6) is 0 Å². The van der Waals surface area contributed by atoms with Gasteiger partial charge in [0, 0.05) is 0 Å². The van der Waals surface area contributed by atoms with Crippen LogP contribution < -0.4 is 0 Å². The number of halogens is 1. The van der Waals surface area contributed by atoms with Crippen LogP contribution in [-0.4, -0.2) is 10.9 Å². The molecule has 0 saturated heterocycles. The van der Waals surface area contributed by atoms with Gasteiger partial charge in [0.25, 0.3) is 0 Å². The molecule has 0 amide bonds. The standard InChI is InChI=1S/C13H12BrNO2/c14-13-7-6-12(8-16)15(13)10-17-9-11-4-2-1-3-5-11/h1-8H,9-10H2. The van der Waals surface area contributed by atoms with Gasteiger partial charge in [0.2, 0.25) is 0 Å². The fourth-order valence-corrected chi connectivity index (χ4v) is 1.96. The van der Waals surface area contributed by atoms with Crippen LogP contribution in [0.1, 0.15) is 16.1 Å². The molecule has 0 radical (unpaired) electrons. The van der Waals surface area contributed by atoms with Crippen molar-refractivity contribution in [3.8, 4) is 0 Å². The van der Waals surface area contributed by atoms with Crippen LogP contribution in [0.25, 0.3) is 0 Å². The smallest absolute Gasteiger partial charge is 0.166 e. The Morgan fingerprint density at radius 3 is 2.65 bits per heavy atom. The lowest BCUT2D eigenvalue weighted by Crippen LogP contribution is -2.06. The van der Waals surface area contributed by atoms with Gasteiger partial charge in [-0.3, -0.25) is 4.79 Å². The van der Waals surface area contributed by atoms with E-state index in [9.17, 15) is 4.79 Å². The van der Waals surface area contributed by atoms with Gasteiger partial charge < -0.3 is 9.30 Å². The summed E-state index contributed by atoms with van der Waals surface area (Å²) in [6.07, 6.45) is 0.816. The third-order valence-corrected chi connectivity index (χ3v) is 3.11. The van der Waals surface area contributed by atoms with Gasteiger partial charge in [-0.25, -0.2) is 0 Å². The normalized spacial score (nSPS) is 10.4. The molecule has 1 heterocycles. The molecular formula is C13H12BrNO2. The molecule has 17 heavy (non-hydrogen) atoms. The van der Waals surface area contributed by atoms with E-state index >= 15 is 0 Å². The molecule has 2 rings (SSSR count). The molecule has 0 saturated carbocycles. The molecule has 0 fully saturated rings. The van der Waals surface area contributed by atoms with E-state index in [-0.39, 0.29) is 0 Å². The summed E-state index contributed by atoms with van der Waals surface area (Å²) in [5.41, 5.74) is 1.72. The maximum Gasteiger partial charge on any atom is 0.166 e. The van der Waals surface area contributed by atoms with Gasteiger partial charge in [-0.2, -0.15) is 0 Å². The highest BCUT2D eigenvalue weighted by Gasteiger charge is 2.04. The molecule has 0 aliphatic heterocycles. The van der Waals surface area contributed by atoms with E-state index in [0.29, 0.717) is 19.0 Å². The molecule has 0 unspecified atom stereocenters. The second-order valence-corrected chi connectivity index (χ2v) is 4.40. The average Bonchev–Trinajstić information content (AvgIpc) is 2.72. The van der Waals surface area contributed by atoms with Crippen molar-refractivity contribution in [2.75, 3.05) is 0 Å². The Kier molecular flexibility index (Phi) is 4.12. The Hall–Kier alpha value is -1.39. The van der Waals surface area contributed by atoms with E-state index in [2.05, 4.69) is 15.9 Å². The van der Waals surface area contributed by atoms with Crippen LogP contribution in [0.4, 0.5) is 0 Å². The lowest BCUT2D eigenvalue weighted by Gasteiger charge is -2.08. The first kappa shape index (κ1) is 12.1. The van der Waals surface area contributed by atoms with Gasteiger partial charge in [-0.05, 0) is 33.6 Å². The minimum atomic E-state index is 0.358. The molecule has 0 aliphatic rings. The summed E-state index contributed by atoms with van der Waals surface area (Å²) in [5, 5.41) is 0. The molecule has 88 valence electrons. The number of rotatable bonds is 5. The van der Waals surface area contributed by atoms with Crippen molar-refractivity contribution in [3.63, 3.8) is 0 Å². The number of aldehydes is 1. The fourth-order valence-electron chi connectivity index (χ4n) is 1.53. The zero-order chi connectivity index (χ0) is 12.1. The Morgan fingerprint density at radius 2 is 1.94 bits per heavy atom. The van der Waals surface area contributed by atoms with Gasteiger partial charge in [0.15, 0.2) is 6.29 Å². The minimum absolute atomic E-state index is 0.358. The monoisotopic (exact) mass is 293 g/mol. The van der Waals surface area contributed by atoms with Gasteiger partial charge in [-0.15, -0.1) is 0 Å². The van der Waals surface area contributed by atoms with Crippen LogP contribution >= 0.6 is 15.9 Å². The van der Waals surface area contributed by atoms with Gasteiger partial charge in [-0.1, -0.05) is 30.3 Å². The Bertz CT molecular complexity index is 493. The molecule has 0 bridgehead atoms. The van der Waals surface area contributed by atoms with Crippen molar-refractivity contribution in [2.45, 2.75) is 13.3 Å². The lowest BCUT2D eigenvalue weighted by molar-refractivity contribution is 0.0610. The first-order chi connectivity index (χ1) is 8.31. The zero-order valence-corrected chi connectivity index (χ0v) is 10.8. The predicted molar refractivity (Wildman–Crippen MR) is 68.8 cm³/mol. The molecule has 3 nitrogen and oxygen atoms in total. The van der Waals surface area contributed by atoms with Gasteiger partial charge >= 0.3 is 0 Å². The number of hydrogen-bond donors (Lipinski definition) is 0. The Labute approximate surface area is 108 Å². The third kappa shape index (κ3) is 3.05. The third-order valence-electron chi connectivity index (χ3n) is 2.41. The molecule has 2 aromatic rings. The summed E-state index contributed by atoms with van der Waals surface area (Å²) in [6, 6.07) is 13.5. The molecular weight excluding hydrogens is 282 g/mol. The van der Waals surface area contributed by atoms with Crippen LogP contribution in [-0.2, 0) is 18.1 Å². The molecule has 1 aromatic heterocycles. The van der Waals surface area contributed by atoms with Crippen LogP contribution in [0.2, 0.25) is 0 Å². The molecule has 0 spiro atoms. The van der Waals surface area contributed by atoms with Crippen molar-refractivity contribution >= 4 is 22.2 Å². The van der Waals surface area contributed by atoms with E-state index in [1.165, 1.54) is 0 Å². The summed E-state index contributed by atoms with van der Waals surface area (Å²) >= 11 is 3.37. The Balaban J connectivity index is 1.94. The van der Waals surface area contributed by atoms with E-state index in [0.717, 1.165) is 16.5 Å². The first-order valence-corrected chi connectivity index (χ1v) is 6.02. The molecule has 0 aliphatic carbocycles. The molecule has 4 heteroatoms. The van der Waals surface area contributed by atoms with E-state index in [1.54, 1.807) is 10.6 Å². The molecule has 1 aromatic carbocycles. The van der Waals surface area contributed by atoms with E-state index < -0.39 is 0 Å². The van der Waals surface area contributed by atoms with Crippen molar-refractivity contribution in [3.05, 3.63) is 58.3 Å². The summed E-state index contributed by atoms with van der Waals surface area (Å²) < 4.78 is 8.18. The highest BCUT2D eigenvalue weighted by molar-refractivity contribution is 9.10. The lowest BCUT2D eigenvalue weighted by atomic mass is 10.2. The number of hydrogen-bond acceptors (Lipinski definition) is 2. The van der Waals surface area contributed by atoms with Crippen molar-refractivity contribution in [2.24, 2.45) is 0 Å². The fraction of sp³-hybridized carbons (Fsp3) is 0.154. The van der Waals surface area contributed by atoms with E-state index in [4.69, 9.17) is 4.74 Å². The van der Waals surface area contributed by atoms with Crippen molar-refractivity contribution in [1.29, 1.82) is 0 Å². The predicted octanol–water partition coefficient (Wildman–Crippen LogP) is 3.24. The highest BCUT2D eigenvalue weighted by atomic mass is 79.9. The number of carbonyl (C=O) groups is 1. The maximum absolute atomic E-state index is 10.8. The largest absolute Gasteiger partial charge is 0.356 e.